The summed E-state index contributed by atoms with van der Waals surface area (Å²) in [6.07, 6.45) is 3.16. The second-order valence-corrected chi connectivity index (χ2v) is 3.12. The van der Waals surface area contributed by atoms with Crippen molar-refractivity contribution >= 4 is 0 Å². The largest absolute Gasteiger partial charge is 0.489 e. The third kappa shape index (κ3) is 2.57. The van der Waals surface area contributed by atoms with Crippen molar-refractivity contribution in [1.82, 2.24) is 5.16 Å². The van der Waals surface area contributed by atoms with Crippen LogP contribution in [0.5, 0.6) is 5.75 Å². The maximum Gasteiger partial charge on any atom is 0.130 e. The number of aliphatic hydroxyl groups excluding tert-OH is 1. The van der Waals surface area contributed by atoms with Gasteiger partial charge in [0.15, 0.2) is 0 Å². The summed E-state index contributed by atoms with van der Waals surface area (Å²) >= 11 is 0. The molecule has 1 aromatic heterocycles. The SMILES string of the molecule is OCc1ccc(OCc2cnoc2)cc1. The van der Waals surface area contributed by atoms with Gasteiger partial charge in [-0.1, -0.05) is 17.3 Å². The molecule has 0 unspecified atom stereocenters. The summed E-state index contributed by atoms with van der Waals surface area (Å²) in [6, 6.07) is 7.28. The van der Waals surface area contributed by atoms with Crippen molar-refractivity contribution in [1.29, 1.82) is 0 Å². The highest BCUT2D eigenvalue weighted by Crippen LogP contribution is 2.13. The predicted octanol–water partition coefficient (Wildman–Crippen LogP) is 1.75. The molecule has 2 aromatic rings. The molecular weight excluding hydrogens is 194 g/mol. The third-order valence-corrected chi connectivity index (χ3v) is 1.99. The van der Waals surface area contributed by atoms with Crippen LogP contribution < -0.4 is 4.74 Å². The van der Waals surface area contributed by atoms with Crippen molar-refractivity contribution in [2.45, 2.75) is 13.2 Å². The molecule has 0 aliphatic rings. The fourth-order valence-corrected chi connectivity index (χ4v) is 1.16. The van der Waals surface area contributed by atoms with Gasteiger partial charge in [0.05, 0.1) is 12.8 Å². The van der Waals surface area contributed by atoms with Gasteiger partial charge in [0, 0.05) is 5.56 Å². The van der Waals surface area contributed by atoms with Gasteiger partial charge < -0.3 is 14.4 Å². The van der Waals surface area contributed by atoms with Crippen LogP contribution in [0.4, 0.5) is 0 Å². The van der Waals surface area contributed by atoms with E-state index in [0.29, 0.717) is 6.61 Å². The van der Waals surface area contributed by atoms with Crippen molar-refractivity contribution in [3.8, 4) is 5.75 Å². The summed E-state index contributed by atoms with van der Waals surface area (Å²) < 4.78 is 10.1. The van der Waals surface area contributed by atoms with Crippen LogP contribution in [-0.4, -0.2) is 10.3 Å². The number of aromatic nitrogens is 1. The van der Waals surface area contributed by atoms with Gasteiger partial charge in [-0.25, -0.2) is 0 Å². The summed E-state index contributed by atoms with van der Waals surface area (Å²) in [5.41, 5.74) is 1.76. The maximum absolute atomic E-state index is 8.85. The smallest absolute Gasteiger partial charge is 0.130 e. The standard InChI is InChI=1S/C11H11NO3/c13-6-9-1-3-11(4-2-9)14-7-10-5-12-15-8-10/h1-5,8,13H,6-7H2. The monoisotopic (exact) mass is 205 g/mol. The van der Waals surface area contributed by atoms with Crippen molar-refractivity contribution in [2.75, 3.05) is 0 Å². The first-order valence-corrected chi connectivity index (χ1v) is 4.59. The average Bonchev–Trinajstić information content (AvgIpc) is 2.80. The molecule has 0 radical (unpaired) electrons. The molecule has 0 aliphatic carbocycles. The van der Waals surface area contributed by atoms with Crippen molar-refractivity contribution in [3.63, 3.8) is 0 Å². The van der Waals surface area contributed by atoms with E-state index in [1.807, 2.05) is 24.3 Å². The zero-order valence-electron chi connectivity index (χ0n) is 8.09. The van der Waals surface area contributed by atoms with E-state index in [1.54, 1.807) is 12.5 Å². The lowest BCUT2D eigenvalue weighted by Crippen LogP contribution is -1.93. The molecule has 0 aliphatic heterocycles. The maximum atomic E-state index is 8.85. The first-order valence-electron chi connectivity index (χ1n) is 4.59. The van der Waals surface area contributed by atoms with Crippen LogP contribution in [0.1, 0.15) is 11.1 Å². The van der Waals surface area contributed by atoms with Crippen LogP contribution in [0, 0.1) is 0 Å². The lowest BCUT2D eigenvalue weighted by molar-refractivity contribution is 0.280. The predicted molar refractivity (Wildman–Crippen MR) is 53.2 cm³/mol. The Morgan fingerprint density at radius 2 is 2.00 bits per heavy atom. The molecule has 1 N–H and O–H groups in total. The minimum atomic E-state index is 0.0476. The summed E-state index contributed by atoms with van der Waals surface area (Å²) in [5.74, 6) is 0.758. The molecule has 0 bridgehead atoms. The molecule has 4 nitrogen and oxygen atoms in total. The lowest BCUT2D eigenvalue weighted by atomic mass is 10.2. The molecule has 0 fully saturated rings. The zero-order chi connectivity index (χ0) is 10.5. The summed E-state index contributed by atoms with van der Waals surface area (Å²) in [4.78, 5) is 0. The normalized spacial score (nSPS) is 10.2. The topological polar surface area (TPSA) is 55.5 Å². The Morgan fingerprint density at radius 3 is 2.60 bits per heavy atom. The highest BCUT2D eigenvalue weighted by Gasteiger charge is 1.98. The second-order valence-electron chi connectivity index (χ2n) is 3.12. The molecule has 0 amide bonds. The molecular formula is C11H11NO3. The Labute approximate surface area is 87.1 Å². The van der Waals surface area contributed by atoms with Crippen LogP contribution in [0.15, 0.2) is 41.2 Å². The highest BCUT2D eigenvalue weighted by atomic mass is 16.5. The van der Waals surface area contributed by atoms with Gasteiger partial charge in [-0.2, -0.15) is 0 Å². The zero-order valence-corrected chi connectivity index (χ0v) is 8.09. The minimum absolute atomic E-state index is 0.0476. The van der Waals surface area contributed by atoms with Crippen LogP contribution in [0.3, 0.4) is 0 Å². The van der Waals surface area contributed by atoms with E-state index in [4.69, 9.17) is 9.84 Å². The first kappa shape index (κ1) is 9.73. The number of benzene rings is 1. The molecule has 15 heavy (non-hydrogen) atoms. The Hall–Kier alpha value is -1.81. The molecule has 78 valence electrons. The summed E-state index contributed by atoms with van der Waals surface area (Å²) in [5, 5.41) is 12.4. The Kier molecular flexibility index (Phi) is 2.99. The second kappa shape index (κ2) is 4.61. The van der Waals surface area contributed by atoms with E-state index in [2.05, 4.69) is 9.68 Å². The Balaban J connectivity index is 1.93. The minimum Gasteiger partial charge on any atom is -0.489 e. The van der Waals surface area contributed by atoms with Crippen molar-refractivity contribution in [3.05, 3.63) is 47.9 Å². The van der Waals surface area contributed by atoms with E-state index in [0.717, 1.165) is 16.9 Å². The fourth-order valence-electron chi connectivity index (χ4n) is 1.16. The molecule has 1 heterocycles. The number of rotatable bonds is 4. The molecule has 4 heteroatoms. The van der Waals surface area contributed by atoms with E-state index in [1.165, 1.54) is 0 Å². The van der Waals surface area contributed by atoms with Crippen molar-refractivity contribution < 1.29 is 14.4 Å². The molecule has 0 saturated carbocycles. The molecule has 1 aromatic carbocycles. The average molecular weight is 205 g/mol. The van der Waals surface area contributed by atoms with Gasteiger partial charge in [-0.05, 0) is 17.7 Å². The Morgan fingerprint density at radius 1 is 1.20 bits per heavy atom. The van der Waals surface area contributed by atoms with E-state index in [9.17, 15) is 0 Å². The Bertz CT molecular complexity index is 394. The van der Waals surface area contributed by atoms with Crippen LogP contribution in [0.2, 0.25) is 0 Å². The summed E-state index contributed by atoms with van der Waals surface area (Å²) in [6.45, 7) is 0.480. The summed E-state index contributed by atoms with van der Waals surface area (Å²) in [7, 11) is 0. The van der Waals surface area contributed by atoms with E-state index >= 15 is 0 Å². The van der Waals surface area contributed by atoms with Crippen LogP contribution in [0.25, 0.3) is 0 Å². The van der Waals surface area contributed by atoms with Gasteiger partial charge >= 0.3 is 0 Å². The van der Waals surface area contributed by atoms with Crippen molar-refractivity contribution in [2.24, 2.45) is 0 Å². The number of aliphatic hydroxyl groups is 1. The van der Waals surface area contributed by atoms with E-state index in [-0.39, 0.29) is 6.61 Å². The first-order chi connectivity index (χ1) is 7.38. The number of ether oxygens (including phenoxy) is 1. The van der Waals surface area contributed by atoms with Gasteiger partial charge in [-0.15, -0.1) is 0 Å². The van der Waals surface area contributed by atoms with E-state index < -0.39 is 0 Å². The fraction of sp³-hybridized carbons (Fsp3) is 0.182. The molecule has 2 rings (SSSR count). The van der Waals surface area contributed by atoms with Crippen LogP contribution >= 0.6 is 0 Å². The van der Waals surface area contributed by atoms with Gasteiger partial charge in [0.2, 0.25) is 0 Å². The quantitative estimate of drug-likeness (QED) is 0.826. The molecule has 0 saturated heterocycles. The molecule has 0 spiro atoms. The highest BCUT2D eigenvalue weighted by molar-refractivity contribution is 5.27. The number of hydrogen-bond acceptors (Lipinski definition) is 4. The number of nitrogens with zero attached hydrogens (tertiary/aromatic N) is 1. The molecule has 0 atom stereocenters. The van der Waals surface area contributed by atoms with Gasteiger partial charge in [0.25, 0.3) is 0 Å². The third-order valence-electron chi connectivity index (χ3n) is 1.99. The number of hydrogen-bond donors (Lipinski definition) is 1. The van der Waals surface area contributed by atoms with Gasteiger partial charge in [0.1, 0.15) is 18.6 Å². The van der Waals surface area contributed by atoms with Gasteiger partial charge in [-0.3, -0.25) is 0 Å². The van der Waals surface area contributed by atoms with Crippen LogP contribution in [-0.2, 0) is 13.2 Å². The lowest BCUT2D eigenvalue weighted by Gasteiger charge is -2.04.